The molecule has 7 nitrogen and oxygen atoms in total. The van der Waals surface area contributed by atoms with Crippen LogP contribution in [0, 0.1) is 6.92 Å². The molecule has 0 atom stereocenters. The molecule has 0 fully saturated rings. The summed E-state index contributed by atoms with van der Waals surface area (Å²) in [7, 11) is 0. The number of nitrogens with two attached hydrogens (primary N) is 1. The van der Waals surface area contributed by atoms with Crippen LogP contribution in [0.4, 0.5) is 0 Å². The lowest BCUT2D eigenvalue weighted by Crippen LogP contribution is -2.11. The molecule has 1 aromatic carbocycles. The van der Waals surface area contributed by atoms with Crippen LogP contribution < -0.4 is 11.5 Å². The molecule has 4 rings (SSSR count). The second-order valence-electron chi connectivity index (χ2n) is 6.89. The molecule has 2 N–H and O–H groups in total. The number of aryl methyl sites for hydroxylation is 1. The van der Waals surface area contributed by atoms with Gasteiger partial charge in [0.1, 0.15) is 5.58 Å². The Morgan fingerprint density at radius 3 is 2.79 bits per heavy atom. The highest BCUT2D eigenvalue weighted by atomic mass is 32.2. The molecular weight excluding hydrogens is 376 g/mol. The Labute approximate surface area is 165 Å². The zero-order chi connectivity index (χ0) is 19.8. The summed E-state index contributed by atoms with van der Waals surface area (Å²) in [5.41, 5.74) is 3.44. The smallest absolute Gasteiger partial charge is 0.336 e. The fraction of sp³-hybridized carbons (Fsp3) is 0.250. The average Bonchev–Trinajstić information content (AvgIpc) is 3.28. The van der Waals surface area contributed by atoms with E-state index in [1.807, 2.05) is 13.0 Å². The van der Waals surface area contributed by atoms with Crippen LogP contribution in [-0.4, -0.2) is 14.9 Å². The lowest BCUT2D eigenvalue weighted by molar-refractivity contribution is 0.559. The summed E-state index contributed by atoms with van der Waals surface area (Å²) >= 11 is 1.40. The summed E-state index contributed by atoms with van der Waals surface area (Å²) < 4.78 is 12.1. The monoisotopic (exact) mass is 396 g/mol. The molecule has 0 amide bonds. The van der Waals surface area contributed by atoms with E-state index < -0.39 is 0 Å². The third-order valence-corrected chi connectivity index (χ3v) is 5.59. The van der Waals surface area contributed by atoms with E-state index in [2.05, 4.69) is 30.1 Å². The number of nitrogens with zero attached hydrogens (tertiary/aromatic N) is 3. The number of hydrogen-bond donors (Lipinski definition) is 1. The number of benzene rings is 1. The van der Waals surface area contributed by atoms with Gasteiger partial charge in [-0.1, -0.05) is 25.6 Å². The molecule has 144 valence electrons. The Kier molecular flexibility index (Phi) is 4.72. The van der Waals surface area contributed by atoms with Crippen LogP contribution in [0.15, 0.2) is 55.4 Å². The molecule has 0 aliphatic rings. The third kappa shape index (κ3) is 3.31. The SMILES string of the molecule is Cc1cc2oc(=O)cc(CSc3nnc(-c4ccco4)n3N)c2cc1C(C)C. The number of hydrogen-bond acceptors (Lipinski definition) is 7. The molecule has 0 aliphatic carbocycles. The molecule has 0 saturated heterocycles. The molecule has 0 unspecified atom stereocenters. The van der Waals surface area contributed by atoms with Crippen molar-refractivity contribution < 1.29 is 8.83 Å². The molecular formula is C20H20N4O3S. The normalized spacial score (nSPS) is 11.6. The third-order valence-electron chi connectivity index (χ3n) is 4.60. The predicted octanol–water partition coefficient (Wildman–Crippen LogP) is 4.08. The predicted molar refractivity (Wildman–Crippen MR) is 109 cm³/mol. The molecule has 8 heteroatoms. The zero-order valence-corrected chi connectivity index (χ0v) is 16.6. The van der Waals surface area contributed by atoms with Crippen LogP contribution in [0.25, 0.3) is 22.6 Å². The van der Waals surface area contributed by atoms with Gasteiger partial charge in [0.2, 0.25) is 11.0 Å². The molecule has 4 aromatic rings. The van der Waals surface area contributed by atoms with Crippen molar-refractivity contribution in [2.24, 2.45) is 0 Å². The van der Waals surface area contributed by atoms with Crippen LogP contribution in [-0.2, 0) is 5.75 Å². The lowest BCUT2D eigenvalue weighted by atomic mass is 9.95. The van der Waals surface area contributed by atoms with E-state index in [4.69, 9.17) is 14.7 Å². The fourth-order valence-electron chi connectivity index (χ4n) is 3.22. The highest BCUT2D eigenvalue weighted by Gasteiger charge is 2.16. The lowest BCUT2D eigenvalue weighted by Gasteiger charge is -2.12. The maximum atomic E-state index is 12.0. The van der Waals surface area contributed by atoms with Gasteiger partial charge in [-0.2, -0.15) is 0 Å². The Hall–Kier alpha value is -3.00. The molecule has 3 aromatic heterocycles. The van der Waals surface area contributed by atoms with Gasteiger partial charge in [0.25, 0.3) is 0 Å². The maximum Gasteiger partial charge on any atom is 0.336 e. The van der Waals surface area contributed by atoms with Gasteiger partial charge in [-0.05, 0) is 53.8 Å². The Morgan fingerprint density at radius 2 is 2.07 bits per heavy atom. The average molecular weight is 396 g/mol. The van der Waals surface area contributed by atoms with Gasteiger partial charge in [0.15, 0.2) is 5.76 Å². The molecule has 28 heavy (non-hydrogen) atoms. The standard InChI is InChI=1S/C20H20N4O3S/c1-11(2)14-9-15-13(8-18(25)27-17(15)7-12(14)3)10-28-20-23-22-19(24(20)21)16-5-4-6-26-16/h4-9,11H,10,21H2,1-3H3. The molecule has 0 saturated carbocycles. The minimum Gasteiger partial charge on any atom is -0.461 e. The molecule has 0 aliphatic heterocycles. The minimum absolute atomic E-state index is 0.370. The van der Waals surface area contributed by atoms with Crippen molar-refractivity contribution in [3.63, 3.8) is 0 Å². The van der Waals surface area contributed by atoms with E-state index in [0.29, 0.717) is 34.0 Å². The summed E-state index contributed by atoms with van der Waals surface area (Å²) in [5.74, 6) is 7.99. The minimum atomic E-state index is -0.370. The number of thioether (sulfide) groups is 1. The van der Waals surface area contributed by atoms with Crippen molar-refractivity contribution in [2.45, 2.75) is 37.6 Å². The van der Waals surface area contributed by atoms with Crippen molar-refractivity contribution in [1.82, 2.24) is 14.9 Å². The second kappa shape index (κ2) is 7.20. The van der Waals surface area contributed by atoms with Crippen molar-refractivity contribution in [3.8, 4) is 11.6 Å². The zero-order valence-electron chi connectivity index (χ0n) is 15.8. The summed E-state index contributed by atoms with van der Waals surface area (Å²) in [4.78, 5) is 12.0. The van der Waals surface area contributed by atoms with Gasteiger partial charge >= 0.3 is 5.63 Å². The summed E-state index contributed by atoms with van der Waals surface area (Å²) in [5, 5.41) is 9.69. The molecule has 0 bridgehead atoms. The first-order valence-electron chi connectivity index (χ1n) is 8.88. The first-order chi connectivity index (χ1) is 13.4. The van der Waals surface area contributed by atoms with Crippen molar-refractivity contribution in [2.75, 3.05) is 5.84 Å². The van der Waals surface area contributed by atoms with Gasteiger partial charge in [0, 0.05) is 17.2 Å². The largest absolute Gasteiger partial charge is 0.461 e. The highest BCUT2D eigenvalue weighted by molar-refractivity contribution is 7.98. The van der Waals surface area contributed by atoms with E-state index in [-0.39, 0.29) is 5.63 Å². The van der Waals surface area contributed by atoms with Gasteiger partial charge < -0.3 is 14.7 Å². The van der Waals surface area contributed by atoms with E-state index in [1.54, 1.807) is 18.4 Å². The molecule has 3 heterocycles. The number of nitrogen functional groups attached to an aromatic ring is 1. The van der Waals surface area contributed by atoms with Crippen LogP contribution in [0.3, 0.4) is 0 Å². The van der Waals surface area contributed by atoms with E-state index in [1.165, 1.54) is 28.1 Å². The number of furan rings is 1. The van der Waals surface area contributed by atoms with E-state index in [9.17, 15) is 4.79 Å². The van der Waals surface area contributed by atoms with Crippen LogP contribution in [0.5, 0.6) is 0 Å². The van der Waals surface area contributed by atoms with Crippen LogP contribution >= 0.6 is 11.8 Å². The highest BCUT2D eigenvalue weighted by Crippen LogP contribution is 2.30. The molecule has 0 radical (unpaired) electrons. The summed E-state index contributed by atoms with van der Waals surface area (Å²) in [6, 6.07) is 9.10. The van der Waals surface area contributed by atoms with E-state index in [0.717, 1.165) is 16.5 Å². The number of fused-ring (bicyclic) bond motifs is 1. The summed E-state index contributed by atoms with van der Waals surface area (Å²) in [6.07, 6.45) is 1.56. The maximum absolute atomic E-state index is 12.0. The quantitative estimate of drug-likeness (QED) is 0.308. The Morgan fingerprint density at radius 1 is 1.25 bits per heavy atom. The van der Waals surface area contributed by atoms with Crippen molar-refractivity contribution in [1.29, 1.82) is 0 Å². The molecule has 0 spiro atoms. The van der Waals surface area contributed by atoms with Gasteiger partial charge in [-0.15, -0.1) is 10.2 Å². The van der Waals surface area contributed by atoms with Crippen LogP contribution in [0.2, 0.25) is 0 Å². The number of rotatable bonds is 5. The van der Waals surface area contributed by atoms with Gasteiger partial charge in [-0.25, -0.2) is 9.47 Å². The fourth-order valence-corrected chi connectivity index (χ4v) is 4.07. The Balaban J connectivity index is 1.68. The Bertz CT molecular complexity index is 1190. The van der Waals surface area contributed by atoms with Crippen LogP contribution in [0.1, 0.15) is 36.5 Å². The van der Waals surface area contributed by atoms with Crippen molar-refractivity contribution in [3.05, 3.63) is 63.7 Å². The second-order valence-corrected chi connectivity index (χ2v) is 7.83. The topological polar surface area (TPSA) is 100 Å². The number of aromatic nitrogens is 3. The van der Waals surface area contributed by atoms with Crippen molar-refractivity contribution >= 4 is 22.7 Å². The first-order valence-corrected chi connectivity index (χ1v) is 9.87. The summed E-state index contributed by atoms with van der Waals surface area (Å²) in [6.45, 7) is 6.33. The van der Waals surface area contributed by atoms with Gasteiger partial charge in [0.05, 0.1) is 6.26 Å². The van der Waals surface area contributed by atoms with E-state index >= 15 is 0 Å². The first kappa shape index (κ1) is 18.4. The van der Waals surface area contributed by atoms with Gasteiger partial charge in [-0.3, -0.25) is 0 Å².